The Labute approximate surface area is 74.9 Å². The summed E-state index contributed by atoms with van der Waals surface area (Å²) in [7, 11) is 0. The van der Waals surface area contributed by atoms with E-state index in [0.29, 0.717) is 5.78 Å². The van der Waals surface area contributed by atoms with E-state index >= 15 is 0 Å². The van der Waals surface area contributed by atoms with E-state index in [2.05, 4.69) is 13.5 Å². The van der Waals surface area contributed by atoms with Crippen molar-refractivity contribution in [2.45, 2.75) is 46.0 Å². The Morgan fingerprint density at radius 1 is 1.58 bits per heavy atom. The van der Waals surface area contributed by atoms with Crippen LogP contribution in [0, 0.1) is 5.41 Å². The molecule has 0 heterocycles. The molecular weight excluding hydrogens is 148 g/mol. The lowest BCUT2D eigenvalue weighted by molar-refractivity contribution is -0.130. The molecule has 1 atom stereocenters. The van der Waals surface area contributed by atoms with E-state index in [1.807, 2.05) is 6.92 Å². The third kappa shape index (κ3) is 1.96. The topological polar surface area (TPSA) is 17.1 Å². The molecule has 12 heavy (non-hydrogen) atoms. The zero-order valence-corrected chi connectivity index (χ0v) is 8.15. The van der Waals surface area contributed by atoms with E-state index in [4.69, 9.17) is 0 Å². The van der Waals surface area contributed by atoms with Crippen molar-refractivity contribution in [2.75, 3.05) is 0 Å². The van der Waals surface area contributed by atoms with E-state index < -0.39 is 0 Å². The van der Waals surface area contributed by atoms with Crippen molar-refractivity contribution in [3.8, 4) is 0 Å². The molecule has 0 unspecified atom stereocenters. The molecule has 0 spiro atoms. The molecule has 1 saturated carbocycles. The van der Waals surface area contributed by atoms with Gasteiger partial charge in [0.2, 0.25) is 0 Å². The Kier molecular flexibility index (Phi) is 2.71. The van der Waals surface area contributed by atoms with Crippen LogP contribution in [0.25, 0.3) is 0 Å². The summed E-state index contributed by atoms with van der Waals surface area (Å²) in [6.07, 6.45) is 5.01. The second-order valence-electron chi connectivity index (χ2n) is 4.32. The Morgan fingerprint density at radius 3 is 2.75 bits per heavy atom. The predicted octanol–water partition coefficient (Wildman–Crippen LogP) is 3.10. The van der Waals surface area contributed by atoms with E-state index in [1.165, 1.54) is 6.42 Å². The van der Waals surface area contributed by atoms with Gasteiger partial charge < -0.3 is 0 Å². The summed E-state index contributed by atoms with van der Waals surface area (Å²) < 4.78 is 0. The molecule has 1 nitrogen and oxygen atoms in total. The molecule has 68 valence electrons. The highest BCUT2D eigenvalue weighted by atomic mass is 16.1. The number of ketones is 1. The summed E-state index contributed by atoms with van der Waals surface area (Å²) in [6, 6.07) is 0. The summed E-state index contributed by atoms with van der Waals surface area (Å²) in [5.41, 5.74) is 1.05. The molecule has 0 aliphatic heterocycles. The van der Waals surface area contributed by atoms with Crippen molar-refractivity contribution in [1.29, 1.82) is 0 Å². The second kappa shape index (κ2) is 3.42. The number of hydrogen-bond donors (Lipinski definition) is 0. The van der Waals surface area contributed by atoms with Crippen molar-refractivity contribution >= 4 is 5.78 Å². The first kappa shape index (κ1) is 9.50. The van der Waals surface area contributed by atoms with Gasteiger partial charge in [0, 0.05) is 11.8 Å². The quantitative estimate of drug-likeness (QED) is 0.576. The SMILES string of the molecule is C=C(C)C[C@@]1(C)CCCCC1=O. The van der Waals surface area contributed by atoms with E-state index in [9.17, 15) is 4.79 Å². The van der Waals surface area contributed by atoms with Crippen molar-refractivity contribution in [1.82, 2.24) is 0 Å². The number of Topliss-reactive ketones (excluding diaryl/α,β-unsaturated/α-hetero) is 1. The number of carbonyl (C=O) groups is 1. The Morgan fingerprint density at radius 2 is 2.25 bits per heavy atom. The van der Waals surface area contributed by atoms with E-state index in [1.54, 1.807) is 0 Å². The van der Waals surface area contributed by atoms with Crippen molar-refractivity contribution in [3.63, 3.8) is 0 Å². The van der Waals surface area contributed by atoms with Gasteiger partial charge in [-0.1, -0.05) is 18.9 Å². The van der Waals surface area contributed by atoms with Gasteiger partial charge >= 0.3 is 0 Å². The fraction of sp³-hybridized carbons (Fsp3) is 0.727. The van der Waals surface area contributed by atoms with Gasteiger partial charge in [-0.3, -0.25) is 4.79 Å². The van der Waals surface area contributed by atoms with Crippen LogP contribution in [0.2, 0.25) is 0 Å². The molecule has 0 aromatic carbocycles. The van der Waals surface area contributed by atoms with Gasteiger partial charge in [0.15, 0.2) is 0 Å². The predicted molar refractivity (Wildman–Crippen MR) is 51.0 cm³/mol. The average molecular weight is 166 g/mol. The molecule has 1 fully saturated rings. The van der Waals surface area contributed by atoms with Gasteiger partial charge in [0.05, 0.1) is 0 Å². The Balaban J connectivity index is 2.66. The molecule has 0 aromatic heterocycles. The first-order chi connectivity index (χ1) is 5.54. The first-order valence-corrected chi connectivity index (χ1v) is 4.72. The van der Waals surface area contributed by atoms with E-state index in [-0.39, 0.29) is 5.41 Å². The maximum Gasteiger partial charge on any atom is 0.139 e. The number of allylic oxidation sites excluding steroid dienone is 1. The molecule has 1 rings (SSSR count). The zero-order chi connectivity index (χ0) is 9.19. The zero-order valence-electron chi connectivity index (χ0n) is 8.15. The largest absolute Gasteiger partial charge is 0.299 e. The van der Waals surface area contributed by atoms with Crippen LogP contribution in [0.5, 0.6) is 0 Å². The Bertz CT molecular complexity index is 205. The van der Waals surface area contributed by atoms with Gasteiger partial charge in [-0.25, -0.2) is 0 Å². The number of hydrogen-bond acceptors (Lipinski definition) is 1. The van der Waals surface area contributed by atoms with Crippen LogP contribution in [0.1, 0.15) is 46.0 Å². The highest BCUT2D eigenvalue weighted by molar-refractivity contribution is 5.85. The van der Waals surface area contributed by atoms with Gasteiger partial charge in [0.1, 0.15) is 5.78 Å². The second-order valence-corrected chi connectivity index (χ2v) is 4.32. The average Bonchev–Trinajstić information content (AvgIpc) is 1.94. The van der Waals surface area contributed by atoms with Crippen LogP contribution in [0.4, 0.5) is 0 Å². The minimum absolute atomic E-state index is 0.0793. The van der Waals surface area contributed by atoms with Crippen molar-refractivity contribution < 1.29 is 4.79 Å². The molecule has 0 N–H and O–H groups in total. The summed E-state index contributed by atoms with van der Waals surface area (Å²) >= 11 is 0. The summed E-state index contributed by atoms with van der Waals surface area (Å²) in [6.45, 7) is 7.97. The summed E-state index contributed by atoms with van der Waals surface area (Å²) in [4.78, 5) is 11.6. The van der Waals surface area contributed by atoms with Crippen LogP contribution in [0.3, 0.4) is 0 Å². The fourth-order valence-electron chi connectivity index (χ4n) is 2.09. The normalized spacial score (nSPS) is 30.3. The molecule has 1 aliphatic rings. The lowest BCUT2D eigenvalue weighted by Gasteiger charge is -2.32. The third-order valence-corrected chi connectivity index (χ3v) is 2.75. The molecule has 0 saturated heterocycles. The highest BCUT2D eigenvalue weighted by Gasteiger charge is 2.34. The lowest BCUT2D eigenvalue weighted by atomic mass is 9.71. The van der Waals surface area contributed by atoms with Crippen LogP contribution >= 0.6 is 0 Å². The minimum Gasteiger partial charge on any atom is -0.299 e. The third-order valence-electron chi connectivity index (χ3n) is 2.75. The lowest BCUT2D eigenvalue weighted by Crippen LogP contribution is -2.31. The molecule has 0 aromatic rings. The molecule has 0 bridgehead atoms. The smallest absolute Gasteiger partial charge is 0.139 e. The molecule has 1 aliphatic carbocycles. The number of rotatable bonds is 2. The highest BCUT2D eigenvalue weighted by Crippen LogP contribution is 2.37. The maximum atomic E-state index is 11.6. The fourth-order valence-corrected chi connectivity index (χ4v) is 2.09. The monoisotopic (exact) mass is 166 g/mol. The summed E-state index contributed by atoms with van der Waals surface area (Å²) in [5.74, 6) is 0.441. The van der Waals surface area contributed by atoms with Gasteiger partial charge in [0.25, 0.3) is 0 Å². The Hall–Kier alpha value is -0.590. The van der Waals surface area contributed by atoms with Crippen LogP contribution in [0.15, 0.2) is 12.2 Å². The van der Waals surface area contributed by atoms with Crippen LogP contribution < -0.4 is 0 Å². The first-order valence-electron chi connectivity index (χ1n) is 4.72. The van der Waals surface area contributed by atoms with Crippen molar-refractivity contribution in [2.24, 2.45) is 5.41 Å². The standard InChI is InChI=1S/C11H18O/c1-9(2)8-11(3)7-5-4-6-10(11)12/h1,4-8H2,2-3H3/t11-/m1/s1. The molecular formula is C11H18O. The van der Waals surface area contributed by atoms with Crippen LogP contribution in [-0.4, -0.2) is 5.78 Å². The van der Waals surface area contributed by atoms with E-state index in [0.717, 1.165) is 31.3 Å². The molecule has 1 heteroatoms. The summed E-state index contributed by atoms with van der Waals surface area (Å²) in [5, 5.41) is 0. The molecule has 0 amide bonds. The molecule has 0 radical (unpaired) electrons. The van der Waals surface area contributed by atoms with Gasteiger partial charge in [-0.15, -0.1) is 6.58 Å². The maximum absolute atomic E-state index is 11.6. The van der Waals surface area contributed by atoms with Gasteiger partial charge in [-0.05, 0) is 26.2 Å². The number of carbonyl (C=O) groups excluding carboxylic acids is 1. The van der Waals surface area contributed by atoms with Crippen LogP contribution in [-0.2, 0) is 4.79 Å². The van der Waals surface area contributed by atoms with Gasteiger partial charge in [-0.2, -0.15) is 0 Å². The minimum atomic E-state index is -0.0793. The van der Waals surface area contributed by atoms with Crippen molar-refractivity contribution in [3.05, 3.63) is 12.2 Å².